The van der Waals surface area contributed by atoms with Crippen LogP contribution in [0.25, 0.3) is 0 Å². The van der Waals surface area contributed by atoms with E-state index in [1.807, 2.05) is 13.0 Å². The van der Waals surface area contributed by atoms with Crippen LogP contribution in [-0.2, 0) is 6.42 Å². The number of halogens is 1. The summed E-state index contributed by atoms with van der Waals surface area (Å²) in [5.74, 6) is 1.13. The Morgan fingerprint density at radius 1 is 1.33 bits per heavy atom. The van der Waals surface area contributed by atoms with Crippen molar-refractivity contribution >= 4 is 11.6 Å². The largest absolute Gasteiger partial charge is 0.493 e. The normalized spacial score (nSPS) is 10.2. The predicted molar refractivity (Wildman–Crippen MR) is 60.1 cm³/mol. The quantitative estimate of drug-likeness (QED) is 0.862. The first-order valence-electron chi connectivity index (χ1n) is 4.66. The summed E-state index contributed by atoms with van der Waals surface area (Å²) in [6.45, 7) is 1.99. The van der Waals surface area contributed by atoms with E-state index in [0.717, 1.165) is 11.1 Å². The van der Waals surface area contributed by atoms with Gasteiger partial charge in [-0.25, -0.2) is 0 Å². The number of rotatable bonds is 4. The Balaban J connectivity index is 3.29. The van der Waals surface area contributed by atoms with E-state index < -0.39 is 0 Å². The molecule has 4 heteroatoms. The Labute approximate surface area is 94.6 Å². The molecule has 0 aliphatic rings. The van der Waals surface area contributed by atoms with Gasteiger partial charge >= 0.3 is 0 Å². The van der Waals surface area contributed by atoms with Crippen molar-refractivity contribution < 1.29 is 14.6 Å². The molecule has 0 amide bonds. The average molecular weight is 231 g/mol. The van der Waals surface area contributed by atoms with Crippen molar-refractivity contribution in [2.45, 2.75) is 13.3 Å². The Hall–Kier alpha value is -0.930. The van der Waals surface area contributed by atoms with Crippen LogP contribution in [0, 0.1) is 6.92 Å². The molecular weight excluding hydrogens is 216 g/mol. The van der Waals surface area contributed by atoms with Crippen LogP contribution in [0.5, 0.6) is 11.5 Å². The van der Waals surface area contributed by atoms with E-state index in [4.69, 9.17) is 26.2 Å². The fourth-order valence-corrected chi connectivity index (χ4v) is 1.77. The van der Waals surface area contributed by atoms with Gasteiger partial charge in [-0.3, -0.25) is 0 Å². The van der Waals surface area contributed by atoms with Gasteiger partial charge in [-0.2, -0.15) is 0 Å². The van der Waals surface area contributed by atoms with Gasteiger partial charge in [0.15, 0.2) is 11.5 Å². The zero-order chi connectivity index (χ0) is 11.4. The molecule has 0 aliphatic heterocycles. The van der Waals surface area contributed by atoms with Gasteiger partial charge < -0.3 is 14.6 Å². The zero-order valence-electron chi connectivity index (χ0n) is 9.13. The second-order valence-electron chi connectivity index (χ2n) is 3.18. The Morgan fingerprint density at radius 2 is 2.00 bits per heavy atom. The van der Waals surface area contributed by atoms with Gasteiger partial charge in [0.25, 0.3) is 0 Å². The van der Waals surface area contributed by atoms with Crippen LogP contribution in [0.3, 0.4) is 0 Å². The molecule has 0 bridgehead atoms. The van der Waals surface area contributed by atoms with Crippen LogP contribution < -0.4 is 9.47 Å². The number of aliphatic hydroxyl groups is 1. The van der Waals surface area contributed by atoms with Crippen molar-refractivity contribution in [2.24, 2.45) is 0 Å². The van der Waals surface area contributed by atoms with Crippen molar-refractivity contribution in [3.63, 3.8) is 0 Å². The first kappa shape index (κ1) is 12.1. The minimum Gasteiger partial charge on any atom is -0.493 e. The molecule has 0 saturated heterocycles. The molecule has 84 valence electrons. The maximum atomic E-state index is 8.91. The molecule has 3 nitrogen and oxygen atoms in total. The third-order valence-electron chi connectivity index (χ3n) is 2.34. The number of aliphatic hydroxyl groups excluding tert-OH is 1. The summed E-state index contributed by atoms with van der Waals surface area (Å²) in [5, 5.41) is 9.45. The predicted octanol–water partition coefficient (Wildman–Crippen LogP) is 2.20. The molecule has 0 radical (unpaired) electrons. The topological polar surface area (TPSA) is 38.7 Å². The second-order valence-corrected chi connectivity index (χ2v) is 3.56. The van der Waals surface area contributed by atoms with Crippen molar-refractivity contribution in [1.29, 1.82) is 0 Å². The monoisotopic (exact) mass is 230 g/mol. The molecular formula is C11H15ClO3. The molecule has 1 N–H and O–H groups in total. The summed E-state index contributed by atoms with van der Waals surface area (Å²) < 4.78 is 10.3. The van der Waals surface area contributed by atoms with Crippen LogP contribution >= 0.6 is 11.6 Å². The lowest BCUT2D eigenvalue weighted by molar-refractivity contribution is 0.298. The van der Waals surface area contributed by atoms with Crippen LogP contribution in [0.4, 0.5) is 0 Å². The maximum Gasteiger partial charge on any atom is 0.179 e. The molecule has 0 fully saturated rings. The average Bonchev–Trinajstić information content (AvgIpc) is 2.24. The molecule has 1 aromatic carbocycles. The van der Waals surface area contributed by atoms with Crippen molar-refractivity contribution in [3.8, 4) is 11.5 Å². The van der Waals surface area contributed by atoms with E-state index in [1.54, 1.807) is 14.2 Å². The van der Waals surface area contributed by atoms with E-state index in [-0.39, 0.29) is 6.61 Å². The maximum absolute atomic E-state index is 8.91. The summed E-state index contributed by atoms with van der Waals surface area (Å²) in [6.07, 6.45) is 0.561. The molecule has 0 saturated carbocycles. The van der Waals surface area contributed by atoms with Gasteiger partial charge in [-0.1, -0.05) is 11.6 Å². The van der Waals surface area contributed by atoms with Gasteiger partial charge in [-0.05, 0) is 30.5 Å². The molecule has 0 aromatic heterocycles. The van der Waals surface area contributed by atoms with E-state index in [2.05, 4.69) is 0 Å². The van der Waals surface area contributed by atoms with E-state index in [1.165, 1.54) is 0 Å². The standard InChI is InChI=1S/C11H15ClO3/c1-7-8(4-5-13)6-9(14-2)11(15-3)10(7)12/h6,13H,4-5H2,1-3H3. The van der Waals surface area contributed by atoms with Gasteiger partial charge in [0.2, 0.25) is 0 Å². The van der Waals surface area contributed by atoms with Gasteiger partial charge in [0, 0.05) is 6.61 Å². The first-order chi connectivity index (χ1) is 7.15. The third kappa shape index (κ3) is 2.36. The van der Waals surface area contributed by atoms with Crippen molar-refractivity contribution in [1.82, 2.24) is 0 Å². The highest BCUT2D eigenvalue weighted by molar-refractivity contribution is 6.33. The number of methoxy groups -OCH3 is 2. The molecule has 15 heavy (non-hydrogen) atoms. The van der Waals surface area contributed by atoms with Crippen LogP contribution in [-0.4, -0.2) is 25.9 Å². The SMILES string of the molecule is COc1cc(CCO)c(C)c(Cl)c1OC. The fraction of sp³-hybridized carbons (Fsp3) is 0.455. The summed E-state index contributed by atoms with van der Waals surface area (Å²) in [6, 6.07) is 1.84. The Morgan fingerprint density at radius 3 is 2.47 bits per heavy atom. The number of ether oxygens (including phenoxy) is 2. The Kier molecular flexibility index (Phi) is 4.24. The minimum atomic E-state index is 0.0899. The van der Waals surface area contributed by atoms with E-state index >= 15 is 0 Å². The second kappa shape index (κ2) is 5.24. The third-order valence-corrected chi connectivity index (χ3v) is 2.80. The molecule has 0 aliphatic carbocycles. The van der Waals surface area contributed by atoms with Gasteiger partial charge in [-0.15, -0.1) is 0 Å². The van der Waals surface area contributed by atoms with Crippen LogP contribution in [0.2, 0.25) is 5.02 Å². The van der Waals surface area contributed by atoms with Gasteiger partial charge in [0.1, 0.15) is 0 Å². The highest BCUT2D eigenvalue weighted by Gasteiger charge is 2.14. The lowest BCUT2D eigenvalue weighted by Crippen LogP contribution is -1.99. The Bertz CT molecular complexity index is 350. The highest BCUT2D eigenvalue weighted by atomic mass is 35.5. The highest BCUT2D eigenvalue weighted by Crippen LogP contribution is 2.39. The summed E-state index contributed by atoms with van der Waals surface area (Å²) in [4.78, 5) is 0. The van der Waals surface area contributed by atoms with Crippen molar-refractivity contribution in [2.75, 3.05) is 20.8 Å². The lowest BCUT2D eigenvalue weighted by atomic mass is 10.0. The zero-order valence-corrected chi connectivity index (χ0v) is 9.89. The van der Waals surface area contributed by atoms with Gasteiger partial charge in [0.05, 0.1) is 19.2 Å². The molecule has 0 spiro atoms. The smallest absolute Gasteiger partial charge is 0.179 e. The molecule has 0 unspecified atom stereocenters. The minimum absolute atomic E-state index is 0.0899. The summed E-state index contributed by atoms with van der Waals surface area (Å²) in [7, 11) is 3.11. The molecule has 1 rings (SSSR count). The van der Waals surface area contributed by atoms with E-state index in [0.29, 0.717) is 22.9 Å². The fourth-order valence-electron chi connectivity index (χ4n) is 1.47. The van der Waals surface area contributed by atoms with E-state index in [9.17, 15) is 0 Å². The van der Waals surface area contributed by atoms with Crippen LogP contribution in [0.15, 0.2) is 6.07 Å². The summed E-state index contributed by atoms with van der Waals surface area (Å²) >= 11 is 6.13. The molecule has 0 heterocycles. The molecule has 1 aromatic rings. The first-order valence-corrected chi connectivity index (χ1v) is 5.04. The van der Waals surface area contributed by atoms with Crippen molar-refractivity contribution in [3.05, 3.63) is 22.2 Å². The number of benzene rings is 1. The number of hydrogen-bond acceptors (Lipinski definition) is 3. The molecule has 0 atom stereocenters. The number of hydrogen-bond donors (Lipinski definition) is 1. The lowest BCUT2D eigenvalue weighted by Gasteiger charge is -2.14. The summed E-state index contributed by atoms with van der Waals surface area (Å²) in [5.41, 5.74) is 1.89. The van der Waals surface area contributed by atoms with Crippen LogP contribution in [0.1, 0.15) is 11.1 Å².